The van der Waals surface area contributed by atoms with Crippen molar-refractivity contribution in [1.82, 2.24) is 0 Å². The largest absolute Gasteiger partial charge is 0.464 e. The highest BCUT2D eigenvalue weighted by atomic mass is 35.5. The molecule has 0 saturated heterocycles. The van der Waals surface area contributed by atoms with Crippen LogP contribution in [-0.4, -0.2) is 33.9 Å². The van der Waals surface area contributed by atoms with Crippen LogP contribution >= 0.6 is 11.6 Å². The highest BCUT2D eigenvalue weighted by Crippen LogP contribution is 2.62. The molecule has 3 saturated carbocycles. The number of rotatable bonds is 2. The van der Waals surface area contributed by atoms with Crippen molar-refractivity contribution in [2.24, 2.45) is 17.8 Å². The quantitative estimate of drug-likeness (QED) is 0.621. The lowest BCUT2D eigenvalue weighted by Crippen LogP contribution is -2.62. The second kappa shape index (κ2) is 5.18. The van der Waals surface area contributed by atoms with Crippen molar-refractivity contribution in [3.8, 4) is 0 Å². The number of halogens is 1. The Hall–Kier alpha value is -1.13. The van der Waals surface area contributed by atoms with Crippen LogP contribution in [0.1, 0.15) is 38.5 Å². The average molecular weight is 337 g/mol. The molecule has 4 aliphatic rings. The van der Waals surface area contributed by atoms with Crippen LogP contribution in [0.15, 0.2) is 23.8 Å². The predicted octanol–water partition coefficient (Wildman–Crippen LogP) is 2.53. The summed E-state index contributed by atoms with van der Waals surface area (Å²) in [4.78, 5) is 21.6. The van der Waals surface area contributed by atoms with Crippen molar-refractivity contribution in [3.63, 3.8) is 0 Å². The molecule has 0 aromatic rings. The molecule has 0 radical (unpaired) electrons. The van der Waals surface area contributed by atoms with Crippen molar-refractivity contribution in [2.75, 3.05) is 0 Å². The molecule has 0 heterocycles. The number of hydrogen-bond acceptors (Lipinski definition) is 4. The maximum atomic E-state index is 11.7. The number of ether oxygens (including phenoxy) is 1. The van der Waals surface area contributed by atoms with Gasteiger partial charge in [0.05, 0.1) is 4.87 Å². The standard InChI is InChI=1S/C18H21ClO4/c19-17-7-6-14-13(2-4-16(14)23-10-20)15(17)3-1-11-9-12(21)5-8-18(11,17)22/h5,8-10,13-16,22H,1-4,6-7H2/t13-,14?,15?,16?,17?,18-/m1/s1. The first-order chi connectivity index (χ1) is 11.0. The number of alkyl halides is 1. The van der Waals surface area contributed by atoms with Gasteiger partial charge in [0.15, 0.2) is 5.78 Å². The Bertz CT molecular complexity index is 612. The van der Waals surface area contributed by atoms with Gasteiger partial charge in [0.2, 0.25) is 0 Å². The third-order valence-electron chi connectivity index (χ3n) is 6.64. The first-order valence-electron chi connectivity index (χ1n) is 8.44. The molecule has 4 nitrogen and oxygen atoms in total. The Morgan fingerprint density at radius 2 is 2.09 bits per heavy atom. The van der Waals surface area contributed by atoms with E-state index in [0.29, 0.717) is 31.1 Å². The van der Waals surface area contributed by atoms with Crippen molar-refractivity contribution in [1.29, 1.82) is 0 Å². The summed E-state index contributed by atoms with van der Waals surface area (Å²) in [6.07, 6.45) is 9.57. The smallest absolute Gasteiger partial charge is 0.293 e. The lowest BCUT2D eigenvalue weighted by Gasteiger charge is -2.57. The van der Waals surface area contributed by atoms with E-state index in [2.05, 4.69) is 0 Å². The molecular formula is C18H21ClO4. The second-order valence-electron chi connectivity index (χ2n) is 7.39. The molecule has 3 fully saturated rings. The molecule has 4 aliphatic carbocycles. The molecular weight excluding hydrogens is 316 g/mol. The normalized spacial score (nSPS) is 48.1. The second-order valence-corrected chi connectivity index (χ2v) is 8.07. The monoisotopic (exact) mass is 336 g/mol. The molecule has 0 aliphatic heterocycles. The van der Waals surface area contributed by atoms with E-state index in [1.807, 2.05) is 0 Å². The highest BCUT2D eigenvalue weighted by Gasteiger charge is 2.63. The summed E-state index contributed by atoms with van der Waals surface area (Å²) >= 11 is 7.07. The Morgan fingerprint density at radius 3 is 2.87 bits per heavy atom. The van der Waals surface area contributed by atoms with E-state index >= 15 is 0 Å². The minimum atomic E-state index is -1.22. The number of allylic oxidation sites excluding steroid dienone is 2. The van der Waals surface area contributed by atoms with E-state index in [1.54, 1.807) is 12.2 Å². The van der Waals surface area contributed by atoms with Crippen LogP contribution < -0.4 is 0 Å². The first-order valence-corrected chi connectivity index (χ1v) is 8.82. The Morgan fingerprint density at radius 1 is 1.26 bits per heavy atom. The number of carbonyl (C=O) groups excluding carboxylic acids is 2. The van der Waals surface area contributed by atoms with Crippen LogP contribution in [0.25, 0.3) is 0 Å². The number of fused-ring (bicyclic) bond motifs is 5. The van der Waals surface area contributed by atoms with Gasteiger partial charge in [-0.05, 0) is 80.1 Å². The van der Waals surface area contributed by atoms with Crippen molar-refractivity contribution in [2.45, 2.75) is 55.1 Å². The molecule has 124 valence electrons. The number of aliphatic hydroxyl groups is 1. The number of carbonyl (C=O) groups is 2. The van der Waals surface area contributed by atoms with E-state index in [-0.39, 0.29) is 17.8 Å². The fraction of sp³-hybridized carbons (Fsp3) is 0.667. The summed E-state index contributed by atoms with van der Waals surface area (Å²) in [5.74, 6) is 0.837. The fourth-order valence-electron chi connectivity index (χ4n) is 5.64. The zero-order valence-electron chi connectivity index (χ0n) is 12.9. The van der Waals surface area contributed by atoms with Crippen LogP contribution in [0.2, 0.25) is 0 Å². The van der Waals surface area contributed by atoms with Gasteiger partial charge in [0.25, 0.3) is 6.47 Å². The summed E-state index contributed by atoms with van der Waals surface area (Å²) in [6.45, 7) is 0.556. The van der Waals surface area contributed by atoms with Gasteiger partial charge in [-0.2, -0.15) is 0 Å². The minimum absolute atomic E-state index is 0.00576. The maximum absolute atomic E-state index is 11.7. The highest BCUT2D eigenvalue weighted by molar-refractivity contribution is 6.26. The molecule has 4 rings (SSSR count). The van der Waals surface area contributed by atoms with E-state index in [1.165, 1.54) is 6.08 Å². The zero-order valence-corrected chi connectivity index (χ0v) is 13.7. The van der Waals surface area contributed by atoms with E-state index in [9.17, 15) is 14.7 Å². The lowest BCUT2D eigenvalue weighted by atomic mass is 9.54. The summed E-state index contributed by atoms with van der Waals surface area (Å²) in [5.41, 5.74) is -0.464. The number of hydrogen-bond donors (Lipinski definition) is 1. The minimum Gasteiger partial charge on any atom is -0.464 e. The molecule has 0 aromatic carbocycles. The van der Waals surface area contributed by atoms with Gasteiger partial charge < -0.3 is 9.84 Å². The molecule has 0 aromatic heterocycles. The molecule has 0 amide bonds. The molecule has 23 heavy (non-hydrogen) atoms. The van der Waals surface area contributed by atoms with Crippen molar-refractivity contribution in [3.05, 3.63) is 23.8 Å². The van der Waals surface area contributed by atoms with Gasteiger partial charge in [-0.15, -0.1) is 11.6 Å². The van der Waals surface area contributed by atoms with Gasteiger partial charge in [-0.3, -0.25) is 9.59 Å². The van der Waals surface area contributed by atoms with Gasteiger partial charge >= 0.3 is 0 Å². The van der Waals surface area contributed by atoms with Gasteiger partial charge in [-0.25, -0.2) is 0 Å². The summed E-state index contributed by atoms with van der Waals surface area (Å²) < 4.78 is 5.27. The van der Waals surface area contributed by atoms with Gasteiger partial charge in [0, 0.05) is 0 Å². The Kier molecular flexibility index (Phi) is 3.47. The Balaban J connectivity index is 1.68. The van der Waals surface area contributed by atoms with Crippen LogP contribution in [0.3, 0.4) is 0 Å². The third-order valence-corrected chi connectivity index (χ3v) is 7.40. The lowest BCUT2D eigenvalue weighted by molar-refractivity contribution is -0.137. The van der Waals surface area contributed by atoms with Crippen molar-refractivity contribution >= 4 is 23.9 Å². The van der Waals surface area contributed by atoms with Crippen LogP contribution in [0.4, 0.5) is 0 Å². The molecule has 0 bridgehead atoms. The first kappa shape index (κ1) is 15.4. The van der Waals surface area contributed by atoms with Crippen LogP contribution in [0, 0.1) is 17.8 Å². The SMILES string of the molecule is O=COC1CC[C@@H]2C1CCC1(Cl)C2CCC2=CC(=O)C=C[C@@]21O. The fourth-order valence-corrected chi connectivity index (χ4v) is 6.20. The average Bonchev–Trinajstić information content (AvgIpc) is 2.92. The Labute approximate surface area is 140 Å². The van der Waals surface area contributed by atoms with Crippen LogP contribution in [0.5, 0.6) is 0 Å². The van der Waals surface area contributed by atoms with Crippen molar-refractivity contribution < 1.29 is 19.4 Å². The van der Waals surface area contributed by atoms with Gasteiger partial charge in [-0.1, -0.05) is 0 Å². The van der Waals surface area contributed by atoms with E-state index in [0.717, 1.165) is 31.3 Å². The zero-order chi connectivity index (χ0) is 16.2. The third kappa shape index (κ3) is 2.01. The van der Waals surface area contributed by atoms with Gasteiger partial charge in [0.1, 0.15) is 11.7 Å². The summed E-state index contributed by atoms with van der Waals surface area (Å²) in [6, 6.07) is 0. The number of ketones is 1. The summed E-state index contributed by atoms with van der Waals surface area (Å²) in [7, 11) is 0. The van der Waals surface area contributed by atoms with E-state index < -0.39 is 10.5 Å². The van der Waals surface area contributed by atoms with E-state index in [4.69, 9.17) is 16.3 Å². The predicted molar refractivity (Wildman–Crippen MR) is 84.9 cm³/mol. The molecule has 4 unspecified atom stereocenters. The molecule has 5 heteroatoms. The molecule has 0 spiro atoms. The summed E-state index contributed by atoms with van der Waals surface area (Å²) in [5, 5.41) is 11.3. The molecule has 6 atom stereocenters. The molecule has 1 N–H and O–H groups in total. The van der Waals surface area contributed by atoms with Crippen LogP contribution in [-0.2, 0) is 14.3 Å². The maximum Gasteiger partial charge on any atom is 0.293 e. The topological polar surface area (TPSA) is 63.6 Å².